The van der Waals surface area contributed by atoms with Crippen LogP contribution in [0, 0.1) is 27.7 Å². The lowest BCUT2D eigenvalue weighted by Crippen LogP contribution is -2.36. The van der Waals surface area contributed by atoms with Crippen molar-refractivity contribution < 1.29 is 18.3 Å². The molecule has 0 aliphatic carbocycles. The van der Waals surface area contributed by atoms with Gasteiger partial charge in [0.2, 0.25) is 10.0 Å². The SMILES string of the molecule is CCC(CC(=O)O)NS(=O)(=O)c1c(C)c(C)cc(C)c1C. The van der Waals surface area contributed by atoms with Crippen LogP contribution in [0.5, 0.6) is 0 Å². The summed E-state index contributed by atoms with van der Waals surface area (Å²) < 4.78 is 27.8. The van der Waals surface area contributed by atoms with Crippen molar-refractivity contribution in [2.24, 2.45) is 0 Å². The lowest BCUT2D eigenvalue weighted by Gasteiger charge is -2.19. The zero-order valence-electron chi connectivity index (χ0n) is 13.1. The van der Waals surface area contributed by atoms with E-state index in [9.17, 15) is 13.2 Å². The fourth-order valence-corrected chi connectivity index (χ4v) is 4.28. The molecule has 6 heteroatoms. The van der Waals surface area contributed by atoms with Crippen molar-refractivity contribution >= 4 is 16.0 Å². The molecule has 0 fully saturated rings. The minimum atomic E-state index is -3.74. The molecule has 118 valence electrons. The second-order valence-corrected chi connectivity index (χ2v) is 7.06. The van der Waals surface area contributed by atoms with Crippen molar-refractivity contribution in [1.29, 1.82) is 0 Å². The number of rotatable bonds is 6. The Bertz CT molecular complexity index is 624. The van der Waals surface area contributed by atoms with Gasteiger partial charge in [-0.25, -0.2) is 13.1 Å². The highest BCUT2D eigenvalue weighted by atomic mass is 32.2. The molecule has 1 rings (SSSR count). The van der Waals surface area contributed by atoms with Crippen molar-refractivity contribution in [3.8, 4) is 0 Å². The van der Waals surface area contributed by atoms with Gasteiger partial charge >= 0.3 is 5.97 Å². The predicted octanol–water partition coefficient (Wildman–Crippen LogP) is 2.45. The maximum Gasteiger partial charge on any atom is 0.304 e. The molecule has 0 saturated heterocycles. The van der Waals surface area contributed by atoms with E-state index in [1.165, 1.54) is 0 Å². The average molecular weight is 313 g/mol. The van der Waals surface area contributed by atoms with Gasteiger partial charge < -0.3 is 5.11 Å². The van der Waals surface area contributed by atoms with Gasteiger partial charge in [-0.2, -0.15) is 0 Å². The molecule has 0 heterocycles. The van der Waals surface area contributed by atoms with Gasteiger partial charge in [0.25, 0.3) is 0 Å². The Kier molecular flexibility index (Phi) is 5.53. The van der Waals surface area contributed by atoms with Gasteiger partial charge in [-0.05, 0) is 56.4 Å². The fourth-order valence-electron chi connectivity index (χ4n) is 2.34. The molecule has 1 aromatic carbocycles. The molecule has 0 aliphatic rings. The quantitative estimate of drug-likeness (QED) is 0.845. The van der Waals surface area contributed by atoms with Crippen molar-refractivity contribution in [3.05, 3.63) is 28.3 Å². The molecule has 1 unspecified atom stereocenters. The summed E-state index contributed by atoms with van der Waals surface area (Å²) in [5, 5.41) is 8.85. The van der Waals surface area contributed by atoms with E-state index in [0.29, 0.717) is 17.5 Å². The fraction of sp³-hybridized carbons (Fsp3) is 0.533. The summed E-state index contributed by atoms with van der Waals surface area (Å²) in [6.07, 6.45) is 0.201. The third kappa shape index (κ3) is 4.04. The van der Waals surface area contributed by atoms with Gasteiger partial charge in [0, 0.05) is 6.04 Å². The average Bonchev–Trinajstić information content (AvgIpc) is 2.34. The van der Waals surface area contributed by atoms with Crippen LogP contribution in [0.1, 0.15) is 42.0 Å². The van der Waals surface area contributed by atoms with Crippen LogP contribution in [0.4, 0.5) is 0 Å². The molecule has 0 amide bonds. The van der Waals surface area contributed by atoms with Crippen molar-refractivity contribution in [2.75, 3.05) is 0 Å². The van der Waals surface area contributed by atoms with E-state index in [2.05, 4.69) is 4.72 Å². The number of hydrogen-bond donors (Lipinski definition) is 2. The normalized spacial score (nSPS) is 13.2. The van der Waals surface area contributed by atoms with E-state index in [0.717, 1.165) is 11.1 Å². The summed E-state index contributed by atoms with van der Waals surface area (Å²) in [4.78, 5) is 11.1. The van der Waals surface area contributed by atoms with E-state index in [-0.39, 0.29) is 11.3 Å². The summed E-state index contributed by atoms with van der Waals surface area (Å²) >= 11 is 0. The molecule has 0 spiro atoms. The molecule has 21 heavy (non-hydrogen) atoms. The van der Waals surface area contributed by atoms with E-state index in [1.54, 1.807) is 20.8 Å². The molecule has 0 aliphatic heterocycles. The number of carboxylic acid groups (broad SMARTS) is 1. The Morgan fingerprint density at radius 1 is 1.19 bits per heavy atom. The summed E-state index contributed by atoms with van der Waals surface area (Å²) in [7, 11) is -3.74. The van der Waals surface area contributed by atoms with Crippen LogP contribution >= 0.6 is 0 Å². The zero-order chi connectivity index (χ0) is 16.4. The second kappa shape index (κ2) is 6.58. The summed E-state index contributed by atoms with van der Waals surface area (Å²) in [5.41, 5.74) is 3.22. The molecule has 1 aromatic rings. The number of carbonyl (C=O) groups is 1. The Morgan fingerprint density at radius 3 is 2.05 bits per heavy atom. The van der Waals surface area contributed by atoms with Gasteiger partial charge in [-0.15, -0.1) is 0 Å². The number of carboxylic acids is 1. The molecule has 0 bridgehead atoms. The first-order chi connectivity index (χ1) is 9.60. The van der Waals surface area contributed by atoms with Crippen LogP contribution in [0.15, 0.2) is 11.0 Å². The second-order valence-electron chi connectivity index (χ2n) is 5.41. The van der Waals surface area contributed by atoms with Crippen LogP contribution < -0.4 is 4.72 Å². The van der Waals surface area contributed by atoms with Gasteiger partial charge in [0.05, 0.1) is 11.3 Å². The first-order valence-electron chi connectivity index (χ1n) is 6.91. The highest BCUT2D eigenvalue weighted by Crippen LogP contribution is 2.26. The van der Waals surface area contributed by atoms with Crippen LogP contribution in [-0.4, -0.2) is 25.5 Å². The van der Waals surface area contributed by atoms with Gasteiger partial charge in [-0.3, -0.25) is 4.79 Å². The number of nitrogens with one attached hydrogen (secondary N) is 1. The third-order valence-electron chi connectivity index (χ3n) is 3.80. The zero-order valence-corrected chi connectivity index (χ0v) is 14.0. The molecular weight excluding hydrogens is 290 g/mol. The van der Waals surface area contributed by atoms with Crippen LogP contribution in [0.25, 0.3) is 0 Å². The first kappa shape index (κ1) is 17.7. The highest BCUT2D eigenvalue weighted by Gasteiger charge is 2.25. The summed E-state index contributed by atoms with van der Waals surface area (Å²) in [6.45, 7) is 9.05. The number of aryl methyl sites for hydroxylation is 2. The standard InChI is InChI=1S/C15H23NO4S/c1-6-13(8-14(17)18)16-21(19,20)15-11(4)9(2)7-10(3)12(15)5/h7,13,16H,6,8H2,1-5H3,(H,17,18). The maximum absolute atomic E-state index is 12.6. The Labute approximate surface area is 126 Å². The van der Waals surface area contributed by atoms with Crippen molar-refractivity contribution in [3.63, 3.8) is 0 Å². The summed E-state index contributed by atoms with van der Waals surface area (Å²) in [5.74, 6) is -1.02. The third-order valence-corrected chi connectivity index (χ3v) is 5.60. The number of benzene rings is 1. The van der Waals surface area contributed by atoms with E-state index >= 15 is 0 Å². The Morgan fingerprint density at radius 2 is 1.67 bits per heavy atom. The number of sulfonamides is 1. The largest absolute Gasteiger partial charge is 0.481 e. The minimum absolute atomic E-state index is 0.224. The molecular formula is C15H23NO4S. The first-order valence-corrected chi connectivity index (χ1v) is 8.40. The lowest BCUT2D eigenvalue weighted by molar-refractivity contribution is -0.137. The van der Waals surface area contributed by atoms with E-state index < -0.39 is 22.0 Å². The van der Waals surface area contributed by atoms with Crippen molar-refractivity contribution in [1.82, 2.24) is 4.72 Å². The molecule has 0 saturated carbocycles. The van der Waals surface area contributed by atoms with Crippen LogP contribution in [0.3, 0.4) is 0 Å². The molecule has 2 N–H and O–H groups in total. The van der Waals surface area contributed by atoms with E-state index in [4.69, 9.17) is 5.11 Å². The Balaban J connectivity index is 3.29. The Hall–Kier alpha value is -1.40. The molecule has 1 atom stereocenters. The van der Waals surface area contributed by atoms with Crippen LogP contribution in [0.2, 0.25) is 0 Å². The molecule has 5 nitrogen and oxygen atoms in total. The minimum Gasteiger partial charge on any atom is -0.481 e. The number of hydrogen-bond acceptors (Lipinski definition) is 3. The highest BCUT2D eigenvalue weighted by molar-refractivity contribution is 7.89. The number of aliphatic carboxylic acids is 1. The smallest absolute Gasteiger partial charge is 0.304 e. The maximum atomic E-state index is 12.6. The van der Waals surface area contributed by atoms with Gasteiger partial charge in [-0.1, -0.05) is 13.0 Å². The van der Waals surface area contributed by atoms with Gasteiger partial charge in [0.1, 0.15) is 0 Å². The van der Waals surface area contributed by atoms with Crippen LogP contribution in [-0.2, 0) is 14.8 Å². The summed E-state index contributed by atoms with van der Waals surface area (Å²) in [6, 6.07) is 1.35. The molecule has 0 radical (unpaired) electrons. The van der Waals surface area contributed by atoms with E-state index in [1.807, 2.05) is 19.9 Å². The van der Waals surface area contributed by atoms with Crippen molar-refractivity contribution in [2.45, 2.75) is 58.4 Å². The predicted molar refractivity (Wildman–Crippen MR) is 82.0 cm³/mol. The monoisotopic (exact) mass is 313 g/mol. The molecule has 0 aromatic heterocycles. The lowest BCUT2D eigenvalue weighted by atomic mass is 10.0. The van der Waals surface area contributed by atoms with Gasteiger partial charge in [0.15, 0.2) is 0 Å². The topological polar surface area (TPSA) is 83.5 Å².